The van der Waals surface area contributed by atoms with Gasteiger partial charge in [0.05, 0.1) is 0 Å². The van der Waals surface area contributed by atoms with Gasteiger partial charge in [-0.15, -0.1) is 0 Å². The Morgan fingerprint density at radius 3 is 2.57 bits per heavy atom. The molecule has 1 fully saturated rings. The summed E-state index contributed by atoms with van der Waals surface area (Å²) in [5.74, 6) is -1.43. The second kappa shape index (κ2) is 6.67. The minimum absolute atomic E-state index is 0.0803. The maximum atomic E-state index is 12.4. The fraction of sp³-hybridized carbons (Fsp3) is 0.467. The quantitative estimate of drug-likeness (QED) is 0.871. The van der Waals surface area contributed by atoms with Gasteiger partial charge in [-0.1, -0.05) is 36.2 Å². The zero-order valence-corrected chi connectivity index (χ0v) is 13.2. The Balaban J connectivity index is 2.05. The number of amides is 1. The van der Waals surface area contributed by atoms with Gasteiger partial charge in [0.1, 0.15) is 6.54 Å². The Morgan fingerprint density at radius 1 is 1.38 bits per heavy atom. The normalized spacial score (nSPS) is 15.6. The maximum absolute atomic E-state index is 12.4. The lowest BCUT2D eigenvalue weighted by molar-refractivity contribution is -0.146. The topological polar surface area (TPSA) is 57.6 Å². The zero-order valence-electron chi connectivity index (χ0n) is 11.7. The molecule has 2 rings (SSSR count). The highest BCUT2D eigenvalue weighted by Gasteiger charge is 2.35. The number of carboxylic acids is 1. The molecule has 1 unspecified atom stereocenters. The smallest absolute Gasteiger partial charge is 0.323 e. The van der Waals surface area contributed by atoms with Crippen molar-refractivity contribution in [3.8, 4) is 0 Å². The lowest BCUT2D eigenvalue weighted by Crippen LogP contribution is -2.41. The van der Waals surface area contributed by atoms with Crippen molar-refractivity contribution in [1.29, 1.82) is 0 Å². The van der Waals surface area contributed by atoms with Gasteiger partial charge in [0.15, 0.2) is 0 Å². The van der Waals surface area contributed by atoms with E-state index >= 15 is 0 Å². The second-order valence-electron chi connectivity index (χ2n) is 5.43. The van der Waals surface area contributed by atoms with Crippen molar-refractivity contribution < 1.29 is 14.7 Å². The van der Waals surface area contributed by atoms with Gasteiger partial charge >= 0.3 is 5.97 Å². The molecular formula is C15H17Cl2NO3. The summed E-state index contributed by atoms with van der Waals surface area (Å²) < 4.78 is 0. The molecule has 1 saturated carbocycles. The molecule has 1 aromatic carbocycles. The highest BCUT2D eigenvalue weighted by molar-refractivity contribution is 6.35. The summed E-state index contributed by atoms with van der Waals surface area (Å²) in [6.45, 7) is 1.56. The summed E-state index contributed by atoms with van der Waals surface area (Å²) in [5.41, 5.74) is 0.841. The fourth-order valence-electron chi connectivity index (χ4n) is 2.31. The predicted molar refractivity (Wildman–Crippen MR) is 81.7 cm³/mol. The molecule has 0 spiro atoms. The van der Waals surface area contributed by atoms with Crippen molar-refractivity contribution in [3.63, 3.8) is 0 Å². The molecule has 1 aliphatic carbocycles. The molecule has 0 heterocycles. The van der Waals surface area contributed by atoms with E-state index in [4.69, 9.17) is 28.3 Å². The minimum atomic E-state index is -0.980. The summed E-state index contributed by atoms with van der Waals surface area (Å²) in [6, 6.07) is 5.26. The van der Waals surface area contributed by atoms with Crippen LogP contribution in [0.4, 0.5) is 0 Å². The van der Waals surface area contributed by atoms with Crippen LogP contribution < -0.4 is 0 Å². The van der Waals surface area contributed by atoms with E-state index in [1.165, 1.54) is 4.90 Å². The number of halogens is 2. The second-order valence-corrected chi connectivity index (χ2v) is 6.28. The predicted octanol–water partition coefficient (Wildman–Crippen LogP) is 3.25. The van der Waals surface area contributed by atoms with Crippen LogP contribution in [0.2, 0.25) is 10.0 Å². The Morgan fingerprint density at radius 2 is 2.05 bits per heavy atom. The lowest BCUT2D eigenvalue weighted by Gasteiger charge is -2.24. The third-order valence-corrected chi connectivity index (χ3v) is 4.13. The van der Waals surface area contributed by atoms with E-state index in [1.807, 2.05) is 0 Å². The van der Waals surface area contributed by atoms with Gasteiger partial charge in [0, 0.05) is 22.0 Å². The molecule has 1 amide bonds. The molecule has 0 aliphatic heterocycles. The van der Waals surface area contributed by atoms with Gasteiger partial charge in [0.25, 0.3) is 0 Å². The molecule has 1 aliphatic rings. The standard InChI is InChI=1S/C15H17Cl2NO3/c1-9(6-10-2-3-11(16)7-13(10)17)15(21)18(8-14(19)20)12-4-5-12/h2-3,7,9,12H,4-6,8H2,1H3,(H,19,20). The van der Waals surface area contributed by atoms with Crippen LogP contribution in [-0.2, 0) is 16.0 Å². The van der Waals surface area contributed by atoms with Gasteiger partial charge in [-0.25, -0.2) is 0 Å². The van der Waals surface area contributed by atoms with Crippen molar-refractivity contribution in [2.45, 2.75) is 32.2 Å². The average molecular weight is 330 g/mol. The van der Waals surface area contributed by atoms with Gasteiger partial charge < -0.3 is 10.0 Å². The van der Waals surface area contributed by atoms with Crippen LogP contribution >= 0.6 is 23.2 Å². The maximum Gasteiger partial charge on any atom is 0.323 e. The Hall–Kier alpha value is -1.26. The third kappa shape index (κ3) is 4.35. The van der Waals surface area contributed by atoms with Gasteiger partial charge in [-0.3, -0.25) is 9.59 Å². The Kier molecular flexibility index (Phi) is 5.12. The highest BCUT2D eigenvalue weighted by atomic mass is 35.5. The number of carbonyl (C=O) groups is 2. The van der Waals surface area contributed by atoms with Crippen LogP contribution in [0.3, 0.4) is 0 Å². The van der Waals surface area contributed by atoms with E-state index < -0.39 is 5.97 Å². The van der Waals surface area contributed by atoms with Crippen LogP contribution in [0.5, 0.6) is 0 Å². The minimum Gasteiger partial charge on any atom is -0.480 e. The molecule has 0 saturated heterocycles. The van der Waals surface area contributed by atoms with Crippen LogP contribution in [0.1, 0.15) is 25.3 Å². The number of benzene rings is 1. The van der Waals surface area contributed by atoms with Crippen molar-refractivity contribution in [3.05, 3.63) is 33.8 Å². The first kappa shape index (κ1) is 16.1. The molecule has 0 radical (unpaired) electrons. The number of carboxylic acid groups (broad SMARTS) is 1. The number of rotatable bonds is 6. The number of nitrogens with zero attached hydrogens (tertiary/aromatic N) is 1. The first-order valence-corrected chi connectivity index (χ1v) is 7.60. The molecule has 1 aromatic rings. The average Bonchev–Trinajstić information content (AvgIpc) is 3.22. The lowest BCUT2D eigenvalue weighted by atomic mass is 9.99. The van der Waals surface area contributed by atoms with E-state index in [0.717, 1.165) is 18.4 Å². The molecule has 4 nitrogen and oxygen atoms in total. The van der Waals surface area contributed by atoms with Crippen LogP contribution in [-0.4, -0.2) is 34.5 Å². The van der Waals surface area contributed by atoms with Gasteiger partial charge in [-0.05, 0) is 37.0 Å². The SMILES string of the molecule is CC(Cc1ccc(Cl)cc1Cl)C(=O)N(CC(=O)O)C1CC1. The number of carbonyl (C=O) groups excluding carboxylic acids is 1. The fourth-order valence-corrected chi connectivity index (χ4v) is 2.79. The summed E-state index contributed by atoms with van der Waals surface area (Å²) >= 11 is 12.0. The van der Waals surface area contributed by atoms with Crippen LogP contribution in [0.25, 0.3) is 0 Å². The summed E-state index contributed by atoms with van der Waals surface area (Å²) in [7, 11) is 0. The molecule has 21 heavy (non-hydrogen) atoms. The summed E-state index contributed by atoms with van der Waals surface area (Å²) in [4.78, 5) is 24.8. The number of aliphatic carboxylic acids is 1. The Labute approximate surface area is 133 Å². The summed E-state index contributed by atoms with van der Waals surface area (Å²) in [5, 5.41) is 10.0. The molecule has 114 valence electrons. The van der Waals surface area contributed by atoms with Gasteiger partial charge in [0.2, 0.25) is 5.91 Å². The first-order valence-electron chi connectivity index (χ1n) is 6.84. The molecule has 1 atom stereocenters. The third-order valence-electron chi connectivity index (χ3n) is 3.54. The molecular weight excluding hydrogens is 313 g/mol. The molecule has 0 aromatic heterocycles. The summed E-state index contributed by atoms with van der Waals surface area (Å²) in [6.07, 6.45) is 2.23. The van der Waals surface area contributed by atoms with E-state index in [2.05, 4.69) is 0 Å². The van der Waals surface area contributed by atoms with Crippen molar-refractivity contribution in [2.24, 2.45) is 5.92 Å². The van der Waals surface area contributed by atoms with E-state index in [0.29, 0.717) is 16.5 Å². The van der Waals surface area contributed by atoms with Gasteiger partial charge in [-0.2, -0.15) is 0 Å². The number of hydrogen-bond donors (Lipinski definition) is 1. The van der Waals surface area contributed by atoms with Crippen molar-refractivity contribution in [2.75, 3.05) is 6.54 Å². The zero-order chi connectivity index (χ0) is 15.6. The highest BCUT2D eigenvalue weighted by Crippen LogP contribution is 2.29. The monoisotopic (exact) mass is 329 g/mol. The van der Waals surface area contributed by atoms with E-state index in [9.17, 15) is 9.59 Å². The van der Waals surface area contributed by atoms with Crippen molar-refractivity contribution >= 4 is 35.1 Å². The Bertz CT molecular complexity index is 558. The largest absolute Gasteiger partial charge is 0.480 e. The van der Waals surface area contributed by atoms with Crippen molar-refractivity contribution in [1.82, 2.24) is 4.90 Å². The molecule has 0 bridgehead atoms. The first-order chi connectivity index (χ1) is 9.88. The molecule has 1 N–H and O–H groups in total. The van der Waals surface area contributed by atoms with Crippen LogP contribution in [0, 0.1) is 5.92 Å². The van der Waals surface area contributed by atoms with Crippen LogP contribution in [0.15, 0.2) is 18.2 Å². The van der Waals surface area contributed by atoms with E-state index in [-0.39, 0.29) is 24.4 Å². The molecule has 6 heteroatoms. The van der Waals surface area contributed by atoms with E-state index in [1.54, 1.807) is 25.1 Å². The number of hydrogen-bond acceptors (Lipinski definition) is 2.